The molecule has 1 aromatic rings. The molecule has 0 unspecified atom stereocenters. The molecule has 0 amide bonds. The molecular formula is C13H21N5OS. The minimum absolute atomic E-state index is 0.456. The molecule has 0 bridgehead atoms. The molecule has 1 aliphatic heterocycles. The van der Waals surface area contributed by atoms with Crippen molar-refractivity contribution in [1.29, 1.82) is 0 Å². The Morgan fingerprint density at radius 1 is 1.40 bits per heavy atom. The number of thiocarbonyl (C=S) groups is 1. The summed E-state index contributed by atoms with van der Waals surface area (Å²) in [6.07, 6.45) is 2.37. The minimum Gasteiger partial charge on any atom is -0.481 e. The molecule has 0 saturated carbocycles. The molecule has 20 heavy (non-hydrogen) atoms. The molecule has 0 aromatic carbocycles. The Hall–Kier alpha value is -1.63. The standard InChI is InChI=1S/C13H21N5OS/c1-9-4-6-18(7-5-9)10-8-11(19-3)16-12(15-10)17-13(20)14-2/h8-9H,4-7H2,1-3H3,(H2,14,15,16,17,20). The molecule has 0 aliphatic carbocycles. The SMILES string of the molecule is CNC(=S)Nc1nc(OC)cc(N2CCC(C)CC2)n1. The van der Waals surface area contributed by atoms with Crippen LogP contribution in [0.25, 0.3) is 0 Å². The lowest BCUT2D eigenvalue weighted by Gasteiger charge is -2.31. The van der Waals surface area contributed by atoms with E-state index in [4.69, 9.17) is 17.0 Å². The van der Waals surface area contributed by atoms with Crippen molar-refractivity contribution in [3.8, 4) is 5.88 Å². The molecular weight excluding hydrogens is 274 g/mol. The lowest BCUT2D eigenvalue weighted by atomic mass is 9.99. The van der Waals surface area contributed by atoms with E-state index in [9.17, 15) is 0 Å². The molecule has 2 heterocycles. The summed E-state index contributed by atoms with van der Waals surface area (Å²) in [6, 6.07) is 1.86. The molecule has 1 fully saturated rings. The Balaban J connectivity index is 2.19. The first kappa shape index (κ1) is 14.8. The van der Waals surface area contributed by atoms with Crippen molar-refractivity contribution in [1.82, 2.24) is 15.3 Å². The lowest BCUT2D eigenvalue weighted by molar-refractivity contribution is 0.396. The van der Waals surface area contributed by atoms with E-state index in [1.54, 1.807) is 14.2 Å². The van der Waals surface area contributed by atoms with Crippen molar-refractivity contribution in [2.24, 2.45) is 5.92 Å². The largest absolute Gasteiger partial charge is 0.481 e. The summed E-state index contributed by atoms with van der Waals surface area (Å²) in [7, 11) is 3.35. The Kier molecular flexibility index (Phi) is 4.94. The van der Waals surface area contributed by atoms with Crippen LogP contribution in [0.1, 0.15) is 19.8 Å². The van der Waals surface area contributed by atoms with Gasteiger partial charge in [0.1, 0.15) is 5.82 Å². The van der Waals surface area contributed by atoms with E-state index in [1.807, 2.05) is 6.07 Å². The Labute approximate surface area is 124 Å². The van der Waals surface area contributed by atoms with Crippen LogP contribution in [0, 0.1) is 5.92 Å². The van der Waals surface area contributed by atoms with Crippen molar-refractivity contribution >= 4 is 29.1 Å². The highest BCUT2D eigenvalue weighted by Crippen LogP contribution is 2.24. The number of aromatic nitrogens is 2. The van der Waals surface area contributed by atoms with Gasteiger partial charge >= 0.3 is 0 Å². The van der Waals surface area contributed by atoms with Gasteiger partial charge in [0.25, 0.3) is 0 Å². The zero-order valence-corrected chi connectivity index (χ0v) is 13.0. The summed E-state index contributed by atoms with van der Waals surface area (Å²) in [5.41, 5.74) is 0. The maximum atomic E-state index is 5.24. The molecule has 0 atom stereocenters. The smallest absolute Gasteiger partial charge is 0.234 e. The van der Waals surface area contributed by atoms with Crippen LogP contribution in [0.2, 0.25) is 0 Å². The van der Waals surface area contributed by atoms with E-state index in [1.165, 1.54) is 12.8 Å². The fourth-order valence-electron chi connectivity index (χ4n) is 2.14. The maximum absolute atomic E-state index is 5.24. The summed E-state index contributed by atoms with van der Waals surface area (Å²) in [5.74, 6) is 2.65. The number of nitrogens with zero attached hydrogens (tertiary/aromatic N) is 3. The molecule has 7 heteroatoms. The van der Waals surface area contributed by atoms with Gasteiger partial charge in [-0.05, 0) is 31.0 Å². The van der Waals surface area contributed by atoms with Gasteiger partial charge < -0.3 is 20.3 Å². The van der Waals surface area contributed by atoms with E-state index in [-0.39, 0.29) is 0 Å². The van der Waals surface area contributed by atoms with E-state index in [0.717, 1.165) is 24.8 Å². The highest BCUT2D eigenvalue weighted by molar-refractivity contribution is 7.80. The number of hydrogen-bond donors (Lipinski definition) is 2. The van der Waals surface area contributed by atoms with Gasteiger partial charge in [0.15, 0.2) is 5.11 Å². The molecule has 1 aliphatic rings. The number of rotatable bonds is 3. The number of nitrogens with one attached hydrogen (secondary N) is 2. The van der Waals surface area contributed by atoms with E-state index < -0.39 is 0 Å². The highest BCUT2D eigenvalue weighted by Gasteiger charge is 2.18. The molecule has 1 saturated heterocycles. The van der Waals surface area contributed by atoms with Crippen LogP contribution in [-0.4, -0.2) is 42.3 Å². The summed E-state index contributed by atoms with van der Waals surface area (Å²) >= 11 is 5.08. The van der Waals surface area contributed by atoms with Crippen LogP contribution in [0.3, 0.4) is 0 Å². The third kappa shape index (κ3) is 3.69. The quantitative estimate of drug-likeness (QED) is 0.822. The monoisotopic (exact) mass is 295 g/mol. The normalized spacial score (nSPS) is 15.8. The fraction of sp³-hybridized carbons (Fsp3) is 0.615. The molecule has 1 aromatic heterocycles. The second kappa shape index (κ2) is 6.69. The van der Waals surface area contributed by atoms with Crippen LogP contribution in [0.15, 0.2) is 6.07 Å². The topological polar surface area (TPSA) is 62.3 Å². The van der Waals surface area contributed by atoms with Crippen LogP contribution >= 0.6 is 12.2 Å². The Morgan fingerprint density at radius 2 is 2.10 bits per heavy atom. The number of ether oxygens (including phenoxy) is 1. The van der Waals surface area contributed by atoms with Gasteiger partial charge in [-0.3, -0.25) is 0 Å². The third-order valence-electron chi connectivity index (χ3n) is 3.46. The molecule has 6 nitrogen and oxygen atoms in total. The van der Waals surface area contributed by atoms with Gasteiger partial charge in [-0.15, -0.1) is 0 Å². The summed E-state index contributed by atoms with van der Waals surface area (Å²) in [4.78, 5) is 11.0. The first-order valence-corrected chi connectivity index (χ1v) is 7.20. The van der Waals surface area contributed by atoms with Crippen LogP contribution in [0.5, 0.6) is 5.88 Å². The van der Waals surface area contributed by atoms with Gasteiger partial charge in [-0.1, -0.05) is 6.92 Å². The van der Waals surface area contributed by atoms with Gasteiger partial charge in [0.05, 0.1) is 7.11 Å². The van der Waals surface area contributed by atoms with Crippen molar-refractivity contribution in [3.63, 3.8) is 0 Å². The van der Waals surface area contributed by atoms with E-state index >= 15 is 0 Å². The number of anilines is 2. The minimum atomic E-state index is 0.456. The first-order chi connectivity index (χ1) is 9.62. The van der Waals surface area contributed by atoms with Gasteiger partial charge in [0.2, 0.25) is 11.8 Å². The molecule has 110 valence electrons. The van der Waals surface area contributed by atoms with Crippen LogP contribution in [-0.2, 0) is 0 Å². The summed E-state index contributed by atoms with van der Waals surface area (Å²) in [6.45, 7) is 4.31. The van der Waals surface area contributed by atoms with Crippen molar-refractivity contribution < 1.29 is 4.74 Å². The zero-order valence-electron chi connectivity index (χ0n) is 12.1. The van der Waals surface area contributed by atoms with Crippen molar-refractivity contribution in [2.75, 3.05) is 37.5 Å². The second-order valence-electron chi connectivity index (χ2n) is 4.97. The third-order valence-corrected chi connectivity index (χ3v) is 3.76. The number of methoxy groups -OCH3 is 1. The van der Waals surface area contributed by atoms with E-state index in [2.05, 4.69) is 32.4 Å². The van der Waals surface area contributed by atoms with Crippen LogP contribution < -0.4 is 20.3 Å². The molecule has 2 N–H and O–H groups in total. The zero-order chi connectivity index (χ0) is 14.5. The van der Waals surface area contributed by atoms with Gasteiger partial charge in [-0.25, -0.2) is 0 Å². The average Bonchev–Trinajstić information content (AvgIpc) is 2.47. The number of hydrogen-bond acceptors (Lipinski definition) is 5. The van der Waals surface area contributed by atoms with Gasteiger partial charge in [-0.2, -0.15) is 9.97 Å². The van der Waals surface area contributed by atoms with Crippen molar-refractivity contribution in [3.05, 3.63) is 6.07 Å². The fourth-order valence-corrected chi connectivity index (χ4v) is 2.23. The molecule has 0 radical (unpaired) electrons. The molecule has 0 spiro atoms. The molecule has 2 rings (SSSR count). The Bertz CT molecular complexity index is 474. The average molecular weight is 295 g/mol. The van der Waals surface area contributed by atoms with Crippen molar-refractivity contribution in [2.45, 2.75) is 19.8 Å². The van der Waals surface area contributed by atoms with Crippen LogP contribution in [0.4, 0.5) is 11.8 Å². The predicted molar refractivity (Wildman–Crippen MR) is 84.5 cm³/mol. The lowest BCUT2D eigenvalue weighted by Crippen LogP contribution is -2.34. The van der Waals surface area contributed by atoms with Gasteiger partial charge in [0, 0.05) is 26.2 Å². The summed E-state index contributed by atoms with van der Waals surface area (Å²) < 4.78 is 5.24. The maximum Gasteiger partial charge on any atom is 0.234 e. The summed E-state index contributed by atoms with van der Waals surface area (Å²) in [5, 5.41) is 6.27. The highest BCUT2D eigenvalue weighted by atomic mass is 32.1. The predicted octanol–water partition coefficient (Wildman–Crippen LogP) is 1.64. The Morgan fingerprint density at radius 3 is 2.70 bits per heavy atom. The first-order valence-electron chi connectivity index (χ1n) is 6.79. The van der Waals surface area contributed by atoms with E-state index in [0.29, 0.717) is 16.9 Å². The number of piperidine rings is 1. The second-order valence-corrected chi connectivity index (χ2v) is 5.37.